The summed E-state index contributed by atoms with van der Waals surface area (Å²) in [6.07, 6.45) is 3.36. The maximum Gasteiger partial charge on any atom is 0.261 e. The maximum absolute atomic E-state index is 11.8. The van der Waals surface area contributed by atoms with Crippen molar-refractivity contribution in [2.75, 3.05) is 33.2 Å². The number of hydrogen-bond acceptors (Lipinski definition) is 3. The number of hydrogen-bond donors (Lipinski definition) is 2. The molecule has 0 atom stereocenters. The summed E-state index contributed by atoms with van der Waals surface area (Å²) in [5.41, 5.74) is 0. The number of amides is 1. The lowest BCUT2D eigenvalue weighted by molar-refractivity contribution is 0.0957. The van der Waals surface area contributed by atoms with Crippen molar-refractivity contribution in [3.63, 3.8) is 0 Å². The Morgan fingerprint density at radius 3 is 2.73 bits per heavy atom. The van der Waals surface area contributed by atoms with E-state index in [4.69, 9.17) is 0 Å². The van der Waals surface area contributed by atoms with E-state index in [1.54, 1.807) is 0 Å². The molecule has 5 nitrogen and oxygen atoms in total. The van der Waals surface area contributed by atoms with Crippen LogP contribution in [-0.2, 0) is 0 Å². The molecule has 0 unspecified atom stereocenters. The molecule has 2 heterocycles. The molecule has 0 bridgehead atoms. The van der Waals surface area contributed by atoms with Crippen LogP contribution in [0, 0.1) is 5.92 Å². The second kappa shape index (κ2) is 8.78. The van der Waals surface area contributed by atoms with Crippen molar-refractivity contribution in [2.45, 2.75) is 26.2 Å². The van der Waals surface area contributed by atoms with E-state index in [1.165, 1.54) is 24.2 Å². The van der Waals surface area contributed by atoms with E-state index >= 15 is 0 Å². The zero-order chi connectivity index (χ0) is 15.8. The SMILES string of the molecule is CN=C(NCCCNC(=O)c1cccs1)N1CCC(C)CC1. The van der Waals surface area contributed by atoms with Gasteiger partial charge in [-0.3, -0.25) is 9.79 Å². The lowest BCUT2D eigenvalue weighted by atomic mass is 10.00. The summed E-state index contributed by atoms with van der Waals surface area (Å²) in [5.74, 6) is 1.82. The van der Waals surface area contributed by atoms with Crippen LogP contribution in [-0.4, -0.2) is 50.0 Å². The molecule has 0 saturated carbocycles. The second-order valence-corrected chi connectivity index (χ2v) is 6.68. The highest BCUT2D eigenvalue weighted by Crippen LogP contribution is 2.15. The quantitative estimate of drug-likeness (QED) is 0.496. The van der Waals surface area contributed by atoms with Gasteiger partial charge in [0, 0.05) is 33.2 Å². The molecule has 0 radical (unpaired) electrons. The van der Waals surface area contributed by atoms with E-state index < -0.39 is 0 Å². The number of likely N-dealkylation sites (tertiary alicyclic amines) is 1. The number of nitrogens with zero attached hydrogens (tertiary/aromatic N) is 2. The molecule has 1 aromatic rings. The Morgan fingerprint density at radius 1 is 1.36 bits per heavy atom. The van der Waals surface area contributed by atoms with Crippen LogP contribution in [0.4, 0.5) is 0 Å². The molecule has 1 saturated heterocycles. The number of guanidine groups is 1. The normalized spacial score (nSPS) is 16.6. The van der Waals surface area contributed by atoms with Crippen LogP contribution in [0.3, 0.4) is 0 Å². The van der Waals surface area contributed by atoms with Crippen molar-refractivity contribution in [1.29, 1.82) is 0 Å². The smallest absolute Gasteiger partial charge is 0.261 e. The van der Waals surface area contributed by atoms with Crippen LogP contribution < -0.4 is 10.6 Å². The highest BCUT2D eigenvalue weighted by atomic mass is 32.1. The average molecular weight is 322 g/mol. The van der Waals surface area contributed by atoms with Crippen LogP contribution in [0.5, 0.6) is 0 Å². The minimum Gasteiger partial charge on any atom is -0.356 e. The first-order valence-electron chi connectivity index (χ1n) is 7.98. The average Bonchev–Trinajstić information content (AvgIpc) is 3.06. The van der Waals surface area contributed by atoms with Gasteiger partial charge in [-0.2, -0.15) is 0 Å². The minimum atomic E-state index is 0.0180. The topological polar surface area (TPSA) is 56.7 Å². The van der Waals surface area contributed by atoms with Gasteiger partial charge in [-0.25, -0.2) is 0 Å². The van der Waals surface area contributed by atoms with Gasteiger partial charge < -0.3 is 15.5 Å². The number of rotatable bonds is 5. The number of thiophene rings is 1. The lowest BCUT2D eigenvalue weighted by Gasteiger charge is -2.32. The van der Waals surface area contributed by atoms with Gasteiger partial charge in [0.2, 0.25) is 0 Å². The summed E-state index contributed by atoms with van der Waals surface area (Å²) in [6.45, 7) is 5.97. The van der Waals surface area contributed by atoms with Crippen LogP contribution >= 0.6 is 11.3 Å². The summed E-state index contributed by atoms with van der Waals surface area (Å²) in [7, 11) is 1.83. The first kappa shape index (κ1) is 16.8. The molecule has 0 aliphatic carbocycles. The van der Waals surface area contributed by atoms with Gasteiger partial charge in [-0.1, -0.05) is 13.0 Å². The number of nitrogens with one attached hydrogen (secondary N) is 2. The molecular weight excluding hydrogens is 296 g/mol. The van der Waals surface area contributed by atoms with E-state index in [0.29, 0.717) is 6.54 Å². The Bertz CT molecular complexity index is 478. The molecule has 1 fully saturated rings. The van der Waals surface area contributed by atoms with Crippen molar-refractivity contribution in [3.8, 4) is 0 Å². The first-order valence-corrected chi connectivity index (χ1v) is 8.86. The number of aliphatic imine (C=N–C) groups is 1. The largest absolute Gasteiger partial charge is 0.356 e. The number of piperidine rings is 1. The number of carbonyl (C=O) groups is 1. The molecule has 2 N–H and O–H groups in total. The summed E-state index contributed by atoms with van der Waals surface area (Å²) in [5, 5.41) is 8.25. The molecule has 122 valence electrons. The second-order valence-electron chi connectivity index (χ2n) is 5.73. The van der Waals surface area contributed by atoms with Crippen LogP contribution in [0.2, 0.25) is 0 Å². The van der Waals surface area contributed by atoms with Gasteiger partial charge in [-0.05, 0) is 36.6 Å². The van der Waals surface area contributed by atoms with E-state index in [-0.39, 0.29) is 5.91 Å². The Morgan fingerprint density at radius 2 is 2.09 bits per heavy atom. The predicted octanol–water partition coefficient (Wildman–Crippen LogP) is 2.18. The Labute approximate surface area is 136 Å². The van der Waals surface area contributed by atoms with Crippen molar-refractivity contribution >= 4 is 23.2 Å². The zero-order valence-corrected chi connectivity index (χ0v) is 14.3. The van der Waals surface area contributed by atoms with Gasteiger partial charge in [0.25, 0.3) is 5.91 Å². The molecule has 6 heteroatoms. The molecule has 1 aliphatic rings. The van der Waals surface area contributed by atoms with Gasteiger partial charge in [0.15, 0.2) is 5.96 Å². The van der Waals surface area contributed by atoms with Crippen molar-refractivity contribution in [3.05, 3.63) is 22.4 Å². The fourth-order valence-corrected chi connectivity index (χ4v) is 3.18. The standard InChI is InChI=1S/C16H26N4OS/c1-13-6-10-20(11-7-13)16(17-2)19-9-4-8-18-15(21)14-5-3-12-22-14/h3,5,12-13H,4,6-11H2,1-2H3,(H,17,19)(H,18,21). The highest BCUT2D eigenvalue weighted by Gasteiger charge is 2.18. The van der Waals surface area contributed by atoms with Crippen LogP contribution in [0.15, 0.2) is 22.5 Å². The Kier molecular flexibility index (Phi) is 6.71. The summed E-state index contributed by atoms with van der Waals surface area (Å²) in [4.78, 5) is 19.2. The zero-order valence-electron chi connectivity index (χ0n) is 13.5. The monoisotopic (exact) mass is 322 g/mol. The van der Waals surface area contributed by atoms with Crippen molar-refractivity contribution in [2.24, 2.45) is 10.9 Å². The minimum absolute atomic E-state index is 0.0180. The van der Waals surface area contributed by atoms with Gasteiger partial charge in [0.1, 0.15) is 0 Å². The molecular formula is C16H26N4OS. The van der Waals surface area contributed by atoms with Crippen molar-refractivity contribution in [1.82, 2.24) is 15.5 Å². The third kappa shape index (κ3) is 5.02. The highest BCUT2D eigenvalue weighted by molar-refractivity contribution is 7.12. The summed E-state index contributed by atoms with van der Waals surface area (Å²) < 4.78 is 0. The molecule has 0 spiro atoms. The van der Waals surface area contributed by atoms with Gasteiger partial charge >= 0.3 is 0 Å². The first-order chi connectivity index (χ1) is 10.7. The summed E-state index contributed by atoms with van der Waals surface area (Å²) >= 11 is 1.47. The number of carbonyl (C=O) groups excluding carboxylic acids is 1. The third-order valence-corrected chi connectivity index (χ3v) is 4.83. The predicted molar refractivity (Wildman–Crippen MR) is 92.6 cm³/mol. The molecule has 1 aromatic heterocycles. The summed E-state index contributed by atoms with van der Waals surface area (Å²) in [6, 6.07) is 3.74. The Hall–Kier alpha value is -1.56. The van der Waals surface area contributed by atoms with E-state index in [2.05, 4.69) is 27.4 Å². The fourth-order valence-electron chi connectivity index (χ4n) is 2.54. The molecule has 2 rings (SSSR count). The van der Waals surface area contributed by atoms with E-state index in [9.17, 15) is 4.79 Å². The maximum atomic E-state index is 11.8. The fraction of sp³-hybridized carbons (Fsp3) is 0.625. The molecule has 0 aromatic carbocycles. The molecule has 22 heavy (non-hydrogen) atoms. The van der Waals surface area contributed by atoms with E-state index in [1.807, 2.05) is 24.6 Å². The van der Waals surface area contributed by atoms with Crippen LogP contribution in [0.25, 0.3) is 0 Å². The third-order valence-electron chi connectivity index (χ3n) is 3.96. The molecule has 1 aliphatic heterocycles. The molecule has 1 amide bonds. The van der Waals surface area contributed by atoms with Crippen LogP contribution in [0.1, 0.15) is 35.9 Å². The Balaban J connectivity index is 1.62. The van der Waals surface area contributed by atoms with Gasteiger partial charge in [0.05, 0.1) is 4.88 Å². The lowest BCUT2D eigenvalue weighted by Crippen LogP contribution is -2.45. The van der Waals surface area contributed by atoms with Crippen molar-refractivity contribution < 1.29 is 4.79 Å². The van der Waals surface area contributed by atoms with E-state index in [0.717, 1.165) is 42.8 Å². The van der Waals surface area contributed by atoms with Gasteiger partial charge in [-0.15, -0.1) is 11.3 Å².